The summed E-state index contributed by atoms with van der Waals surface area (Å²) in [5.41, 5.74) is 0.624. The molecule has 0 atom stereocenters. The third-order valence-corrected chi connectivity index (χ3v) is 3.05. The van der Waals surface area contributed by atoms with Crippen LogP contribution in [0.5, 0.6) is 0 Å². The quantitative estimate of drug-likeness (QED) is 0.835. The van der Waals surface area contributed by atoms with E-state index in [9.17, 15) is 4.79 Å². The molecule has 1 amide bonds. The highest BCUT2D eigenvalue weighted by atomic mass is 79.9. The van der Waals surface area contributed by atoms with Gasteiger partial charge in [0.25, 0.3) is 5.91 Å². The van der Waals surface area contributed by atoms with Gasteiger partial charge in [-0.2, -0.15) is 0 Å². The van der Waals surface area contributed by atoms with E-state index in [1.165, 1.54) is 6.26 Å². The highest BCUT2D eigenvalue weighted by Gasteiger charge is 2.32. The Morgan fingerprint density at radius 1 is 1.71 bits per heavy atom. The van der Waals surface area contributed by atoms with Crippen LogP contribution >= 0.6 is 15.9 Å². The first kappa shape index (κ1) is 9.77. The van der Waals surface area contributed by atoms with Gasteiger partial charge in [0.05, 0.1) is 11.8 Å². The molecule has 14 heavy (non-hydrogen) atoms. The molecule has 0 unspecified atom stereocenters. The fraction of sp³-hybridized carbons (Fsp3) is 0.500. The second-order valence-electron chi connectivity index (χ2n) is 3.43. The summed E-state index contributed by atoms with van der Waals surface area (Å²) < 4.78 is 5.58. The molecule has 1 aliphatic carbocycles. The second-order valence-corrected chi connectivity index (χ2v) is 4.15. The van der Waals surface area contributed by atoms with Gasteiger partial charge in [0.2, 0.25) is 0 Å². The lowest BCUT2D eigenvalue weighted by molar-refractivity contribution is 0.0750. The van der Waals surface area contributed by atoms with Crippen molar-refractivity contribution in [1.82, 2.24) is 4.90 Å². The number of carbonyl (C=O) groups excluding carboxylic acids is 1. The number of hydrogen-bond donors (Lipinski definition) is 0. The average molecular weight is 258 g/mol. The molecule has 0 aliphatic heterocycles. The lowest BCUT2D eigenvalue weighted by Gasteiger charge is -2.19. The van der Waals surface area contributed by atoms with Crippen LogP contribution in [0.25, 0.3) is 0 Å². The number of amides is 1. The first-order valence-corrected chi connectivity index (χ1v) is 5.57. The first-order valence-electron chi connectivity index (χ1n) is 4.78. The number of hydrogen-bond acceptors (Lipinski definition) is 2. The highest BCUT2D eigenvalue weighted by molar-refractivity contribution is 9.10. The Morgan fingerprint density at radius 2 is 2.43 bits per heavy atom. The summed E-state index contributed by atoms with van der Waals surface area (Å²) in [5.74, 6) is 0.0654. The molecule has 2 rings (SSSR count). The number of carbonyl (C=O) groups is 1. The van der Waals surface area contributed by atoms with Crippen LogP contribution in [0.15, 0.2) is 21.4 Å². The average Bonchev–Trinajstić information content (AvgIpc) is 2.90. The van der Waals surface area contributed by atoms with Crippen molar-refractivity contribution in [3.8, 4) is 0 Å². The Morgan fingerprint density at radius 3 is 2.86 bits per heavy atom. The van der Waals surface area contributed by atoms with E-state index in [2.05, 4.69) is 15.9 Å². The number of nitrogens with zero attached hydrogens (tertiary/aromatic N) is 1. The molecule has 1 saturated carbocycles. The van der Waals surface area contributed by atoms with Crippen molar-refractivity contribution < 1.29 is 9.21 Å². The van der Waals surface area contributed by atoms with Crippen LogP contribution in [-0.2, 0) is 0 Å². The molecule has 1 aliphatic rings. The van der Waals surface area contributed by atoms with Gasteiger partial charge in [0.1, 0.15) is 0 Å². The van der Waals surface area contributed by atoms with Gasteiger partial charge in [0.15, 0.2) is 4.67 Å². The van der Waals surface area contributed by atoms with E-state index in [1.54, 1.807) is 6.07 Å². The molecule has 0 saturated heterocycles. The van der Waals surface area contributed by atoms with Crippen LogP contribution < -0.4 is 0 Å². The molecule has 1 heterocycles. The molecule has 1 fully saturated rings. The monoisotopic (exact) mass is 257 g/mol. The van der Waals surface area contributed by atoms with Crippen LogP contribution in [0.3, 0.4) is 0 Å². The van der Waals surface area contributed by atoms with Crippen LogP contribution in [0.1, 0.15) is 30.1 Å². The maximum absolute atomic E-state index is 12.0. The van der Waals surface area contributed by atoms with Crippen LogP contribution in [0.4, 0.5) is 0 Å². The minimum Gasteiger partial charge on any atom is -0.457 e. The predicted molar refractivity (Wildman–Crippen MR) is 56.1 cm³/mol. The smallest absolute Gasteiger partial charge is 0.258 e. The topological polar surface area (TPSA) is 33.5 Å². The van der Waals surface area contributed by atoms with Crippen molar-refractivity contribution in [3.63, 3.8) is 0 Å². The zero-order valence-electron chi connectivity index (χ0n) is 8.00. The molecule has 0 N–H and O–H groups in total. The maximum Gasteiger partial charge on any atom is 0.258 e. The Labute approximate surface area is 91.2 Å². The largest absolute Gasteiger partial charge is 0.457 e. The van der Waals surface area contributed by atoms with Crippen LogP contribution in [-0.4, -0.2) is 23.4 Å². The predicted octanol–water partition coefficient (Wildman–Crippen LogP) is 2.67. The fourth-order valence-corrected chi connectivity index (χ4v) is 1.96. The summed E-state index contributed by atoms with van der Waals surface area (Å²) in [6, 6.07) is 2.16. The third kappa shape index (κ3) is 1.71. The van der Waals surface area contributed by atoms with Crippen molar-refractivity contribution in [3.05, 3.63) is 22.6 Å². The molecule has 0 radical (unpaired) electrons. The summed E-state index contributed by atoms with van der Waals surface area (Å²) in [4.78, 5) is 13.9. The number of halogens is 1. The SMILES string of the molecule is CCN(C(=O)c1ccoc1Br)C1CC1. The summed E-state index contributed by atoms with van der Waals surface area (Å²) in [6.07, 6.45) is 3.79. The van der Waals surface area contributed by atoms with Crippen LogP contribution in [0, 0.1) is 0 Å². The first-order chi connectivity index (χ1) is 6.74. The Hall–Kier alpha value is -0.770. The number of furan rings is 1. The van der Waals surface area contributed by atoms with E-state index in [4.69, 9.17) is 4.42 Å². The van der Waals surface area contributed by atoms with E-state index in [1.807, 2.05) is 11.8 Å². The van der Waals surface area contributed by atoms with Gasteiger partial charge in [-0.3, -0.25) is 4.79 Å². The minimum absolute atomic E-state index is 0.0654. The van der Waals surface area contributed by atoms with Gasteiger partial charge in [-0.25, -0.2) is 0 Å². The minimum atomic E-state index is 0.0654. The summed E-state index contributed by atoms with van der Waals surface area (Å²) in [7, 11) is 0. The Bertz CT molecular complexity index is 344. The van der Waals surface area contributed by atoms with E-state index in [-0.39, 0.29) is 5.91 Å². The molecule has 76 valence electrons. The highest BCUT2D eigenvalue weighted by Crippen LogP contribution is 2.29. The lowest BCUT2D eigenvalue weighted by atomic mass is 10.3. The van der Waals surface area contributed by atoms with Crippen molar-refractivity contribution >= 4 is 21.8 Å². The maximum atomic E-state index is 12.0. The van der Waals surface area contributed by atoms with Crippen molar-refractivity contribution in [1.29, 1.82) is 0 Å². The molecule has 3 nitrogen and oxygen atoms in total. The molecular formula is C10H12BrNO2. The standard InChI is InChI=1S/C10H12BrNO2/c1-2-12(7-3-4-7)10(13)8-5-6-14-9(8)11/h5-7H,2-4H2,1H3. The van der Waals surface area contributed by atoms with Gasteiger partial charge < -0.3 is 9.32 Å². The van der Waals surface area contributed by atoms with E-state index < -0.39 is 0 Å². The van der Waals surface area contributed by atoms with Gasteiger partial charge >= 0.3 is 0 Å². The Kier molecular flexibility index (Phi) is 2.63. The van der Waals surface area contributed by atoms with Gasteiger partial charge in [-0.15, -0.1) is 0 Å². The Balaban J connectivity index is 2.17. The van der Waals surface area contributed by atoms with E-state index >= 15 is 0 Å². The fourth-order valence-electron chi connectivity index (χ4n) is 1.55. The van der Waals surface area contributed by atoms with Crippen LogP contribution in [0.2, 0.25) is 0 Å². The summed E-state index contributed by atoms with van der Waals surface area (Å²) in [5, 5.41) is 0. The van der Waals surface area contributed by atoms with Crippen molar-refractivity contribution in [2.24, 2.45) is 0 Å². The zero-order valence-corrected chi connectivity index (χ0v) is 9.58. The van der Waals surface area contributed by atoms with Crippen molar-refractivity contribution in [2.75, 3.05) is 6.54 Å². The number of rotatable bonds is 3. The molecule has 4 heteroatoms. The van der Waals surface area contributed by atoms with Crippen molar-refractivity contribution in [2.45, 2.75) is 25.8 Å². The summed E-state index contributed by atoms with van der Waals surface area (Å²) in [6.45, 7) is 2.77. The van der Waals surface area contributed by atoms with Gasteiger partial charge in [-0.1, -0.05) is 0 Å². The molecule has 1 aromatic rings. The second kappa shape index (κ2) is 3.77. The van der Waals surface area contributed by atoms with E-state index in [0.717, 1.165) is 19.4 Å². The molecule has 0 spiro atoms. The summed E-state index contributed by atoms with van der Waals surface area (Å²) >= 11 is 3.22. The van der Waals surface area contributed by atoms with E-state index in [0.29, 0.717) is 16.3 Å². The van der Waals surface area contributed by atoms with Gasteiger partial charge in [0, 0.05) is 12.6 Å². The molecular weight excluding hydrogens is 246 g/mol. The van der Waals surface area contributed by atoms with Gasteiger partial charge in [-0.05, 0) is 41.8 Å². The molecule has 1 aromatic heterocycles. The molecule has 0 aromatic carbocycles. The zero-order chi connectivity index (χ0) is 10.1. The molecule has 0 bridgehead atoms. The normalized spacial score (nSPS) is 15.6. The lowest BCUT2D eigenvalue weighted by Crippen LogP contribution is -2.32. The third-order valence-electron chi connectivity index (χ3n) is 2.44.